The summed E-state index contributed by atoms with van der Waals surface area (Å²) in [4.78, 5) is 29.1. The predicted molar refractivity (Wildman–Crippen MR) is 89.1 cm³/mol. The van der Waals surface area contributed by atoms with E-state index >= 15 is 0 Å². The largest absolute Gasteiger partial charge is 0.356 e. The van der Waals surface area contributed by atoms with Gasteiger partial charge in [0, 0.05) is 24.7 Å². The molecule has 3 heterocycles. The van der Waals surface area contributed by atoms with Gasteiger partial charge >= 0.3 is 0 Å². The van der Waals surface area contributed by atoms with E-state index in [1.54, 1.807) is 29.4 Å². The van der Waals surface area contributed by atoms with E-state index in [2.05, 4.69) is 20.5 Å². The van der Waals surface area contributed by atoms with Crippen molar-refractivity contribution in [1.82, 2.24) is 25.4 Å². The molecule has 0 bridgehead atoms. The highest BCUT2D eigenvalue weighted by Crippen LogP contribution is 2.21. The highest BCUT2D eigenvalue weighted by Gasteiger charge is 2.33. The Hall–Kier alpha value is -2.80. The van der Waals surface area contributed by atoms with Gasteiger partial charge in [-0.25, -0.2) is 0 Å². The average Bonchev–Trinajstić information content (AvgIpc) is 3.17. The smallest absolute Gasteiger partial charge is 0.268 e. The maximum absolute atomic E-state index is 12.6. The maximum Gasteiger partial charge on any atom is 0.268 e. The lowest BCUT2D eigenvalue weighted by Crippen LogP contribution is -2.61. The third-order valence-electron chi connectivity index (χ3n) is 4.11. The van der Waals surface area contributed by atoms with Crippen molar-refractivity contribution in [3.05, 3.63) is 52.9 Å². The minimum atomic E-state index is -0.226. The minimum Gasteiger partial charge on any atom is -0.356 e. The normalized spacial score (nSPS) is 14.6. The zero-order valence-corrected chi connectivity index (χ0v) is 13.3. The molecule has 2 amide bonds. The van der Waals surface area contributed by atoms with Crippen molar-refractivity contribution in [2.24, 2.45) is 0 Å². The molecule has 0 atom stereocenters. The topological polar surface area (TPSA) is 93.9 Å². The Morgan fingerprint density at radius 1 is 1.33 bits per heavy atom. The number of rotatable bonds is 3. The number of H-pyrrole nitrogens is 2. The molecule has 0 unspecified atom stereocenters. The van der Waals surface area contributed by atoms with E-state index in [-0.39, 0.29) is 17.9 Å². The molecular weight excluding hydrogens is 330 g/mol. The van der Waals surface area contributed by atoms with Crippen LogP contribution in [0.15, 0.2) is 36.7 Å². The Labute approximate surface area is 142 Å². The second-order valence-electron chi connectivity index (χ2n) is 5.75. The van der Waals surface area contributed by atoms with E-state index in [1.165, 1.54) is 0 Å². The SMILES string of the molecule is O=C(NC1CN(C(=O)c2cccc3[nH]ncc23)C1)c1cc(Cl)c[nH]1. The Morgan fingerprint density at radius 3 is 2.92 bits per heavy atom. The van der Waals surface area contributed by atoms with Gasteiger partial charge in [0.15, 0.2) is 0 Å². The van der Waals surface area contributed by atoms with E-state index in [0.29, 0.717) is 29.4 Å². The first-order chi connectivity index (χ1) is 11.6. The molecule has 4 rings (SSSR count). The fourth-order valence-electron chi connectivity index (χ4n) is 2.82. The fourth-order valence-corrected chi connectivity index (χ4v) is 2.99. The summed E-state index contributed by atoms with van der Waals surface area (Å²) in [7, 11) is 0. The van der Waals surface area contributed by atoms with Crippen molar-refractivity contribution in [2.75, 3.05) is 13.1 Å². The van der Waals surface area contributed by atoms with Crippen molar-refractivity contribution in [1.29, 1.82) is 0 Å². The van der Waals surface area contributed by atoms with E-state index in [1.807, 2.05) is 12.1 Å². The van der Waals surface area contributed by atoms with Crippen LogP contribution in [-0.4, -0.2) is 51.0 Å². The van der Waals surface area contributed by atoms with Crippen molar-refractivity contribution < 1.29 is 9.59 Å². The van der Waals surface area contributed by atoms with Crippen LogP contribution in [0.2, 0.25) is 5.02 Å². The monoisotopic (exact) mass is 343 g/mol. The first-order valence-corrected chi connectivity index (χ1v) is 7.86. The van der Waals surface area contributed by atoms with Crippen LogP contribution in [0.5, 0.6) is 0 Å². The first kappa shape index (κ1) is 14.8. The molecule has 2 aromatic heterocycles. The average molecular weight is 344 g/mol. The van der Waals surface area contributed by atoms with Crippen LogP contribution in [0.1, 0.15) is 20.8 Å². The van der Waals surface area contributed by atoms with Crippen LogP contribution >= 0.6 is 11.6 Å². The number of halogens is 1. The van der Waals surface area contributed by atoms with Crippen LogP contribution < -0.4 is 5.32 Å². The predicted octanol–water partition coefficient (Wildman–Crippen LogP) is 1.80. The molecule has 24 heavy (non-hydrogen) atoms. The number of carbonyl (C=O) groups is 2. The van der Waals surface area contributed by atoms with Crippen molar-refractivity contribution in [3.63, 3.8) is 0 Å². The molecule has 1 fully saturated rings. The van der Waals surface area contributed by atoms with Crippen molar-refractivity contribution >= 4 is 34.3 Å². The fraction of sp³-hybridized carbons (Fsp3) is 0.188. The summed E-state index contributed by atoms with van der Waals surface area (Å²) in [6.07, 6.45) is 3.20. The lowest BCUT2D eigenvalue weighted by molar-refractivity contribution is 0.0543. The molecule has 1 aliphatic rings. The second-order valence-corrected chi connectivity index (χ2v) is 6.19. The number of amides is 2. The lowest BCUT2D eigenvalue weighted by atomic mass is 10.0. The summed E-state index contributed by atoms with van der Waals surface area (Å²) >= 11 is 5.79. The maximum atomic E-state index is 12.6. The molecule has 3 aromatic rings. The van der Waals surface area contributed by atoms with Crippen LogP contribution in [0.4, 0.5) is 0 Å². The Bertz CT molecular complexity index is 925. The van der Waals surface area contributed by atoms with E-state index < -0.39 is 0 Å². The molecule has 7 nitrogen and oxygen atoms in total. The molecule has 1 saturated heterocycles. The molecule has 3 N–H and O–H groups in total. The summed E-state index contributed by atoms with van der Waals surface area (Å²) in [5.41, 5.74) is 1.85. The van der Waals surface area contributed by atoms with Gasteiger partial charge in [0.2, 0.25) is 0 Å². The van der Waals surface area contributed by atoms with E-state index in [9.17, 15) is 9.59 Å². The van der Waals surface area contributed by atoms with Gasteiger partial charge in [0.1, 0.15) is 5.69 Å². The standard InChI is InChI=1S/C16H14ClN5O2/c17-9-4-14(18-5-9)15(23)20-10-7-22(8-10)16(24)11-2-1-3-13-12(11)6-19-21-13/h1-6,10,18H,7-8H2,(H,19,21)(H,20,23). The number of fused-ring (bicyclic) bond motifs is 1. The summed E-state index contributed by atoms with van der Waals surface area (Å²) < 4.78 is 0. The third kappa shape index (κ3) is 2.52. The number of nitrogens with zero attached hydrogens (tertiary/aromatic N) is 2. The zero-order chi connectivity index (χ0) is 16.7. The summed E-state index contributed by atoms with van der Waals surface area (Å²) in [5, 5.41) is 11.0. The Balaban J connectivity index is 1.39. The van der Waals surface area contributed by atoms with Crippen LogP contribution in [0, 0.1) is 0 Å². The van der Waals surface area contributed by atoms with Crippen LogP contribution in [-0.2, 0) is 0 Å². The van der Waals surface area contributed by atoms with Gasteiger partial charge < -0.3 is 15.2 Å². The molecule has 122 valence electrons. The second kappa shape index (κ2) is 5.68. The number of aromatic amines is 2. The van der Waals surface area contributed by atoms with Crippen LogP contribution in [0.3, 0.4) is 0 Å². The van der Waals surface area contributed by atoms with Gasteiger partial charge in [-0.05, 0) is 18.2 Å². The molecular formula is C16H14ClN5O2. The number of benzene rings is 1. The highest BCUT2D eigenvalue weighted by molar-refractivity contribution is 6.31. The Kier molecular flexibility index (Phi) is 3.50. The summed E-state index contributed by atoms with van der Waals surface area (Å²) in [6, 6.07) is 6.99. The molecule has 0 saturated carbocycles. The van der Waals surface area contributed by atoms with E-state index in [4.69, 9.17) is 11.6 Å². The summed E-state index contributed by atoms with van der Waals surface area (Å²) in [5.74, 6) is -0.286. The number of hydrogen-bond acceptors (Lipinski definition) is 3. The van der Waals surface area contributed by atoms with Gasteiger partial charge in [0.05, 0.1) is 28.3 Å². The Morgan fingerprint density at radius 2 is 2.17 bits per heavy atom. The number of likely N-dealkylation sites (tertiary alicyclic amines) is 1. The van der Waals surface area contributed by atoms with Gasteiger partial charge in [-0.15, -0.1) is 0 Å². The molecule has 8 heteroatoms. The van der Waals surface area contributed by atoms with Gasteiger partial charge in [-0.1, -0.05) is 17.7 Å². The highest BCUT2D eigenvalue weighted by atomic mass is 35.5. The third-order valence-corrected chi connectivity index (χ3v) is 4.33. The van der Waals surface area contributed by atoms with Gasteiger partial charge in [-0.3, -0.25) is 14.7 Å². The molecule has 0 aliphatic carbocycles. The lowest BCUT2D eigenvalue weighted by Gasteiger charge is -2.39. The zero-order valence-electron chi connectivity index (χ0n) is 12.5. The number of nitrogens with one attached hydrogen (secondary N) is 3. The van der Waals surface area contributed by atoms with Crippen LogP contribution in [0.25, 0.3) is 10.9 Å². The number of aromatic nitrogens is 3. The molecule has 0 spiro atoms. The summed E-state index contributed by atoms with van der Waals surface area (Å²) in [6.45, 7) is 0.959. The first-order valence-electron chi connectivity index (χ1n) is 7.48. The molecule has 1 aromatic carbocycles. The van der Waals surface area contributed by atoms with Crippen molar-refractivity contribution in [2.45, 2.75) is 6.04 Å². The molecule has 0 radical (unpaired) electrons. The molecule has 1 aliphatic heterocycles. The van der Waals surface area contributed by atoms with Crippen molar-refractivity contribution in [3.8, 4) is 0 Å². The number of hydrogen-bond donors (Lipinski definition) is 3. The van der Waals surface area contributed by atoms with Gasteiger partial charge in [-0.2, -0.15) is 5.10 Å². The van der Waals surface area contributed by atoms with E-state index in [0.717, 1.165) is 10.9 Å². The quantitative estimate of drug-likeness (QED) is 0.677. The van der Waals surface area contributed by atoms with Gasteiger partial charge in [0.25, 0.3) is 11.8 Å². The minimum absolute atomic E-state index is 0.0598. The number of carbonyl (C=O) groups excluding carboxylic acids is 2.